The fraction of sp³-hybridized carbons (Fsp3) is 0.412. The van der Waals surface area contributed by atoms with Crippen LogP contribution in [0, 0.1) is 0 Å². The van der Waals surface area contributed by atoms with Crippen molar-refractivity contribution in [2.75, 3.05) is 0 Å². The standard InChI is InChI=1S/C17H22N2O4/c1-11(20)15(17(22)19-23)18-16(21)14-9-7-13(8-10-14)12-5-3-2-4-6-12/h5,7-11,15,20,23H,2-4,6H2,1H3,(H,18,21)(H,19,22)/t11-,15+/m1/s1. The summed E-state index contributed by atoms with van der Waals surface area (Å²) in [5, 5.41) is 20.6. The third kappa shape index (κ3) is 4.40. The van der Waals surface area contributed by atoms with E-state index in [2.05, 4.69) is 11.4 Å². The second-order valence-electron chi connectivity index (χ2n) is 5.72. The number of aliphatic hydroxyl groups excluding tert-OH is 1. The van der Waals surface area contributed by atoms with Crippen molar-refractivity contribution in [3.63, 3.8) is 0 Å². The van der Waals surface area contributed by atoms with Gasteiger partial charge in [0, 0.05) is 5.56 Å². The van der Waals surface area contributed by atoms with Crippen LogP contribution in [-0.4, -0.2) is 34.3 Å². The zero-order valence-corrected chi connectivity index (χ0v) is 13.1. The molecule has 0 fully saturated rings. The Labute approximate surface area is 135 Å². The third-order valence-electron chi connectivity index (χ3n) is 3.97. The maximum absolute atomic E-state index is 12.2. The minimum atomic E-state index is -1.21. The molecule has 1 aliphatic rings. The molecule has 0 aromatic heterocycles. The van der Waals surface area contributed by atoms with Crippen LogP contribution in [0.25, 0.3) is 5.57 Å². The second-order valence-corrected chi connectivity index (χ2v) is 5.72. The van der Waals surface area contributed by atoms with Crippen LogP contribution in [0.4, 0.5) is 0 Å². The molecule has 0 bridgehead atoms. The normalized spacial score (nSPS) is 16.9. The Balaban J connectivity index is 2.07. The number of aliphatic hydroxyl groups is 1. The summed E-state index contributed by atoms with van der Waals surface area (Å²) in [6, 6.07) is 5.94. The predicted octanol–water partition coefficient (Wildman–Crippen LogP) is 1.63. The van der Waals surface area contributed by atoms with Gasteiger partial charge in [-0.2, -0.15) is 0 Å². The summed E-state index contributed by atoms with van der Waals surface area (Å²) in [6.45, 7) is 1.36. The van der Waals surface area contributed by atoms with Gasteiger partial charge >= 0.3 is 0 Å². The molecular weight excluding hydrogens is 296 g/mol. The van der Waals surface area contributed by atoms with Gasteiger partial charge in [-0.15, -0.1) is 0 Å². The van der Waals surface area contributed by atoms with E-state index in [1.807, 2.05) is 12.1 Å². The second kappa shape index (κ2) is 7.89. The number of allylic oxidation sites excluding steroid dienone is 2. The molecule has 6 heteroatoms. The lowest BCUT2D eigenvalue weighted by Crippen LogP contribution is -2.51. The first-order valence-electron chi connectivity index (χ1n) is 7.75. The Bertz CT molecular complexity index is 593. The summed E-state index contributed by atoms with van der Waals surface area (Å²) in [5.74, 6) is -1.35. The van der Waals surface area contributed by atoms with Crippen LogP contribution in [-0.2, 0) is 4.79 Å². The first-order chi connectivity index (χ1) is 11.0. The van der Waals surface area contributed by atoms with E-state index in [4.69, 9.17) is 5.21 Å². The first-order valence-corrected chi connectivity index (χ1v) is 7.75. The molecule has 0 spiro atoms. The number of rotatable bonds is 5. The van der Waals surface area contributed by atoms with Gasteiger partial charge in [0.05, 0.1) is 6.10 Å². The Kier molecular flexibility index (Phi) is 5.90. The molecule has 0 radical (unpaired) electrons. The van der Waals surface area contributed by atoms with Gasteiger partial charge in [-0.25, -0.2) is 5.48 Å². The van der Waals surface area contributed by atoms with Gasteiger partial charge in [-0.1, -0.05) is 18.2 Å². The molecule has 1 aliphatic carbocycles. The molecule has 1 aromatic rings. The molecule has 0 aliphatic heterocycles. The zero-order valence-electron chi connectivity index (χ0n) is 13.1. The van der Waals surface area contributed by atoms with Gasteiger partial charge < -0.3 is 10.4 Å². The molecule has 23 heavy (non-hydrogen) atoms. The average Bonchev–Trinajstić information content (AvgIpc) is 2.59. The van der Waals surface area contributed by atoms with Crippen molar-refractivity contribution < 1.29 is 19.9 Å². The van der Waals surface area contributed by atoms with Crippen molar-refractivity contribution in [3.05, 3.63) is 41.5 Å². The van der Waals surface area contributed by atoms with Gasteiger partial charge in [0.25, 0.3) is 11.8 Å². The van der Waals surface area contributed by atoms with Gasteiger partial charge in [0.15, 0.2) is 0 Å². The molecule has 1 aromatic carbocycles. The van der Waals surface area contributed by atoms with Crippen molar-refractivity contribution in [2.24, 2.45) is 0 Å². The number of hydroxylamine groups is 1. The highest BCUT2D eigenvalue weighted by Gasteiger charge is 2.25. The lowest BCUT2D eigenvalue weighted by Gasteiger charge is -2.19. The summed E-state index contributed by atoms with van der Waals surface area (Å²) >= 11 is 0. The van der Waals surface area contributed by atoms with Crippen LogP contribution < -0.4 is 10.8 Å². The van der Waals surface area contributed by atoms with Crippen molar-refractivity contribution in [1.82, 2.24) is 10.8 Å². The smallest absolute Gasteiger partial charge is 0.268 e. The van der Waals surface area contributed by atoms with Gasteiger partial charge in [-0.3, -0.25) is 14.8 Å². The maximum Gasteiger partial charge on any atom is 0.268 e. The van der Waals surface area contributed by atoms with Crippen molar-refractivity contribution in [2.45, 2.75) is 44.8 Å². The predicted molar refractivity (Wildman–Crippen MR) is 85.8 cm³/mol. The Morgan fingerprint density at radius 3 is 2.39 bits per heavy atom. The molecule has 4 N–H and O–H groups in total. The summed E-state index contributed by atoms with van der Waals surface area (Å²) in [7, 11) is 0. The van der Waals surface area contributed by atoms with Crippen molar-refractivity contribution in [3.8, 4) is 0 Å². The number of hydrogen-bond donors (Lipinski definition) is 4. The quantitative estimate of drug-likeness (QED) is 0.490. The molecule has 124 valence electrons. The van der Waals surface area contributed by atoms with Crippen LogP contribution >= 0.6 is 0 Å². The maximum atomic E-state index is 12.2. The van der Waals surface area contributed by atoms with E-state index in [1.165, 1.54) is 30.8 Å². The molecule has 0 unspecified atom stereocenters. The molecule has 0 saturated carbocycles. The van der Waals surface area contributed by atoms with E-state index in [1.54, 1.807) is 12.1 Å². The minimum absolute atomic E-state index is 0.390. The number of benzene rings is 1. The molecule has 2 atom stereocenters. The number of amides is 2. The number of nitrogens with one attached hydrogen (secondary N) is 2. The fourth-order valence-electron chi connectivity index (χ4n) is 2.64. The molecule has 0 heterocycles. The van der Waals surface area contributed by atoms with Crippen LogP contribution in [0.3, 0.4) is 0 Å². The van der Waals surface area contributed by atoms with Crippen LogP contribution in [0.5, 0.6) is 0 Å². The Hall–Kier alpha value is -2.18. The van der Waals surface area contributed by atoms with E-state index < -0.39 is 24.0 Å². The highest BCUT2D eigenvalue weighted by molar-refractivity contribution is 5.97. The van der Waals surface area contributed by atoms with E-state index >= 15 is 0 Å². The third-order valence-corrected chi connectivity index (χ3v) is 3.97. The number of carbonyl (C=O) groups is 2. The topological polar surface area (TPSA) is 98.7 Å². The highest BCUT2D eigenvalue weighted by Crippen LogP contribution is 2.26. The molecule has 2 amide bonds. The molecule has 0 saturated heterocycles. The summed E-state index contributed by atoms with van der Waals surface area (Å²) in [5.41, 5.74) is 4.22. The van der Waals surface area contributed by atoms with E-state index in [0.717, 1.165) is 18.4 Å². The lowest BCUT2D eigenvalue weighted by atomic mass is 9.93. The molecule has 2 rings (SSSR count). The van der Waals surface area contributed by atoms with E-state index in [0.29, 0.717) is 5.56 Å². The number of hydrogen-bond acceptors (Lipinski definition) is 4. The Morgan fingerprint density at radius 2 is 1.87 bits per heavy atom. The first kappa shape index (κ1) is 17.2. The summed E-state index contributed by atoms with van der Waals surface area (Å²) in [4.78, 5) is 23.6. The fourth-order valence-corrected chi connectivity index (χ4v) is 2.64. The van der Waals surface area contributed by atoms with Gasteiger partial charge in [0.1, 0.15) is 6.04 Å². The minimum Gasteiger partial charge on any atom is -0.391 e. The van der Waals surface area contributed by atoms with Gasteiger partial charge in [0.2, 0.25) is 0 Å². The summed E-state index contributed by atoms with van der Waals surface area (Å²) < 4.78 is 0. The Morgan fingerprint density at radius 1 is 1.17 bits per heavy atom. The molecule has 6 nitrogen and oxygen atoms in total. The monoisotopic (exact) mass is 318 g/mol. The highest BCUT2D eigenvalue weighted by atomic mass is 16.5. The van der Waals surface area contributed by atoms with Gasteiger partial charge in [-0.05, 0) is 55.9 Å². The van der Waals surface area contributed by atoms with Crippen LogP contribution in [0.15, 0.2) is 30.3 Å². The molecular formula is C17H22N2O4. The SMILES string of the molecule is C[C@@H](O)[C@H](NC(=O)c1ccc(C2=CCCCC2)cc1)C(=O)NO. The van der Waals surface area contributed by atoms with E-state index in [9.17, 15) is 14.7 Å². The zero-order chi connectivity index (χ0) is 16.8. The summed E-state index contributed by atoms with van der Waals surface area (Å²) in [6.07, 6.45) is 5.64. The number of carbonyl (C=O) groups excluding carboxylic acids is 2. The largest absolute Gasteiger partial charge is 0.391 e. The van der Waals surface area contributed by atoms with Crippen LogP contribution in [0.2, 0.25) is 0 Å². The average molecular weight is 318 g/mol. The lowest BCUT2D eigenvalue weighted by molar-refractivity contribution is -0.133. The van der Waals surface area contributed by atoms with Crippen molar-refractivity contribution >= 4 is 17.4 Å². The van der Waals surface area contributed by atoms with Crippen LogP contribution in [0.1, 0.15) is 48.5 Å². The van der Waals surface area contributed by atoms with Crippen molar-refractivity contribution in [1.29, 1.82) is 0 Å². The van der Waals surface area contributed by atoms with E-state index in [-0.39, 0.29) is 0 Å².